The predicted molar refractivity (Wildman–Crippen MR) is 85.8 cm³/mol. The van der Waals surface area contributed by atoms with Crippen molar-refractivity contribution in [3.05, 3.63) is 50.5 Å². The monoisotopic (exact) mass is 369 g/mol. The van der Waals surface area contributed by atoms with Crippen LogP contribution < -0.4 is 4.90 Å². The molecular weight excluding hydrogens is 358 g/mol. The van der Waals surface area contributed by atoms with Crippen LogP contribution in [0.15, 0.2) is 39.4 Å². The van der Waals surface area contributed by atoms with E-state index in [1.165, 1.54) is 17.0 Å². The van der Waals surface area contributed by atoms with E-state index >= 15 is 0 Å². The maximum atomic E-state index is 13.3. The largest absolute Gasteiger partial charge is 0.418 e. The molecule has 0 aromatic heterocycles. The summed E-state index contributed by atoms with van der Waals surface area (Å²) in [5.41, 5.74) is -0.173. The smallest absolute Gasteiger partial charge is 0.377 e. The van der Waals surface area contributed by atoms with E-state index in [0.29, 0.717) is 22.0 Å². The lowest BCUT2D eigenvalue weighted by Crippen LogP contribution is -2.17. The third-order valence-electron chi connectivity index (χ3n) is 3.43. The third-order valence-corrected chi connectivity index (χ3v) is 4.57. The molecule has 1 nitrogen and oxygen atoms in total. The molecule has 0 spiro atoms. The van der Waals surface area contributed by atoms with E-state index in [-0.39, 0.29) is 10.7 Å². The Balaban J connectivity index is 2.53. The highest BCUT2D eigenvalue weighted by atomic mass is 35.5. The van der Waals surface area contributed by atoms with Crippen LogP contribution in [0.2, 0.25) is 0 Å². The molecule has 0 bridgehead atoms. The summed E-state index contributed by atoms with van der Waals surface area (Å²) in [4.78, 5) is 1.42. The number of benzene rings is 1. The van der Waals surface area contributed by atoms with Crippen LogP contribution in [0.3, 0.4) is 0 Å². The Morgan fingerprint density at radius 3 is 2.32 bits per heavy atom. The van der Waals surface area contributed by atoms with Gasteiger partial charge in [0.05, 0.1) is 10.6 Å². The SMILES string of the molecule is CN(C)c1ccc(C2CC(Cl)=CC(Cl)=C2Cl)cc1C(F)(F)F. The maximum Gasteiger partial charge on any atom is 0.418 e. The number of halogens is 6. The van der Waals surface area contributed by atoms with Crippen LogP contribution >= 0.6 is 34.8 Å². The first-order valence-corrected chi connectivity index (χ1v) is 7.54. The third kappa shape index (κ3) is 3.55. The van der Waals surface area contributed by atoms with Crippen molar-refractivity contribution in [2.45, 2.75) is 18.5 Å². The Morgan fingerprint density at radius 1 is 1.14 bits per heavy atom. The predicted octanol–water partition coefficient (Wildman–Crippen LogP) is 6.07. The Labute approximate surface area is 141 Å². The lowest BCUT2D eigenvalue weighted by atomic mass is 9.90. The second kappa shape index (κ2) is 6.34. The Bertz CT molecular complexity index is 648. The fraction of sp³-hybridized carbons (Fsp3) is 0.333. The van der Waals surface area contributed by atoms with E-state index in [0.717, 1.165) is 6.07 Å². The molecule has 120 valence electrons. The second-order valence-electron chi connectivity index (χ2n) is 5.21. The second-order valence-corrected chi connectivity index (χ2v) is 6.51. The normalized spacial score (nSPS) is 19.3. The van der Waals surface area contributed by atoms with Gasteiger partial charge in [-0.1, -0.05) is 40.9 Å². The summed E-state index contributed by atoms with van der Waals surface area (Å²) < 4.78 is 39.8. The lowest BCUT2D eigenvalue weighted by molar-refractivity contribution is -0.137. The van der Waals surface area contributed by atoms with E-state index in [4.69, 9.17) is 34.8 Å². The molecule has 1 aliphatic rings. The number of anilines is 1. The molecule has 0 N–H and O–H groups in total. The minimum atomic E-state index is -4.45. The van der Waals surface area contributed by atoms with E-state index in [1.807, 2.05) is 0 Å². The van der Waals surface area contributed by atoms with Crippen LogP contribution in [0, 0.1) is 0 Å². The van der Waals surface area contributed by atoms with Gasteiger partial charge < -0.3 is 4.90 Å². The molecule has 2 rings (SSSR count). The fourth-order valence-electron chi connectivity index (χ4n) is 2.37. The molecule has 1 aromatic rings. The van der Waals surface area contributed by atoms with E-state index in [2.05, 4.69) is 0 Å². The van der Waals surface area contributed by atoms with Crippen LogP contribution in [-0.2, 0) is 6.18 Å². The van der Waals surface area contributed by atoms with Crippen LogP contribution in [0.4, 0.5) is 18.9 Å². The Hall–Kier alpha value is -0.840. The van der Waals surface area contributed by atoms with Crippen molar-refractivity contribution in [2.24, 2.45) is 0 Å². The summed E-state index contributed by atoms with van der Waals surface area (Å²) in [7, 11) is 3.13. The van der Waals surface area contributed by atoms with Crippen molar-refractivity contribution in [1.29, 1.82) is 0 Å². The van der Waals surface area contributed by atoms with E-state index in [9.17, 15) is 13.2 Å². The summed E-state index contributed by atoms with van der Waals surface area (Å²) in [6.45, 7) is 0. The highest BCUT2D eigenvalue weighted by molar-refractivity contribution is 6.42. The Morgan fingerprint density at radius 2 is 1.77 bits per heavy atom. The number of rotatable bonds is 2. The number of nitrogens with zero attached hydrogens (tertiary/aromatic N) is 1. The van der Waals surface area contributed by atoms with Gasteiger partial charge >= 0.3 is 6.18 Å². The van der Waals surface area contributed by atoms with E-state index < -0.39 is 17.7 Å². The van der Waals surface area contributed by atoms with Gasteiger partial charge in [-0.25, -0.2) is 0 Å². The fourth-order valence-corrected chi connectivity index (χ4v) is 3.21. The number of hydrogen-bond acceptors (Lipinski definition) is 1. The van der Waals surface area contributed by atoms with E-state index in [1.54, 1.807) is 20.2 Å². The van der Waals surface area contributed by atoms with Crippen LogP contribution in [0.25, 0.3) is 0 Å². The van der Waals surface area contributed by atoms with Crippen molar-refractivity contribution in [1.82, 2.24) is 0 Å². The summed E-state index contributed by atoms with van der Waals surface area (Å²) in [6, 6.07) is 4.17. The van der Waals surface area contributed by atoms with Gasteiger partial charge in [-0.3, -0.25) is 0 Å². The standard InChI is InChI=1S/C15H13Cl3F3N/c1-22(2)13-4-3-8(5-11(13)15(19,20)21)10-6-9(16)7-12(17)14(10)18/h3-5,7,10H,6H2,1-2H3. The molecule has 0 saturated heterocycles. The molecule has 1 aliphatic carbocycles. The molecule has 0 heterocycles. The quantitative estimate of drug-likeness (QED) is 0.610. The summed E-state index contributed by atoms with van der Waals surface area (Å²) in [5, 5.41) is 1.02. The van der Waals surface area contributed by atoms with Gasteiger partial charge in [-0.15, -0.1) is 0 Å². The zero-order chi connectivity index (χ0) is 16.7. The minimum absolute atomic E-state index is 0.0971. The molecular formula is C15H13Cl3F3N. The molecule has 0 aliphatic heterocycles. The van der Waals surface area contributed by atoms with Gasteiger partial charge in [0, 0.05) is 35.8 Å². The van der Waals surface area contributed by atoms with Crippen molar-refractivity contribution < 1.29 is 13.2 Å². The average molecular weight is 371 g/mol. The van der Waals surface area contributed by atoms with Crippen molar-refractivity contribution in [3.63, 3.8) is 0 Å². The highest BCUT2D eigenvalue weighted by Crippen LogP contribution is 2.44. The molecule has 0 saturated carbocycles. The van der Waals surface area contributed by atoms with Crippen LogP contribution in [-0.4, -0.2) is 14.1 Å². The topological polar surface area (TPSA) is 3.24 Å². The molecule has 1 unspecified atom stereocenters. The van der Waals surface area contributed by atoms with Gasteiger partial charge in [0.25, 0.3) is 0 Å². The van der Waals surface area contributed by atoms with Gasteiger partial charge in [-0.05, 0) is 30.2 Å². The van der Waals surface area contributed by atoms with Gasteiger partial charge in [0.1, 0.15) is 0 Å². The molecule has 0 radical (unpaired) electrons. The molecule has 7 heteroatoms. The molecule has 0 amide bonds. The zero-order valence-electron chi connectivity index (χ0n) is 11.8. The van der Waals surface area contributed by atoms with Crippen LogP contribution in [0.1, 0.15) is 23.5 Å². The minimum Gasteiger partial charge on any atom is -0.377 e. The first kappa shape index (κ1) is 17.5. The molecule has 1 aromatic carbocycles. The number of allylic oxidation sites excluding steroid dienone is 4. The van der Waals surface area contributed by atoms with Gasteiger partial charge in [-0.2, -0.15) is 13.2 Å². The lowest BCUT2D eigenvalue weighted by Gasteiger charge is -2.25. The van der Waals surface area contributed by atoms with Crippen molar-refractivity contribution in [2.75, 3.05) is 19.0 Å². The molecule has 1 atom stereocenters. The van der Waals surface area contributed by atoms with Crippen molar-refractivity contribution in [3.8, 4) is 0 Å². The zero-order valence-corrected chi connectivity index (χ0v) is 14.1. The van der Waals surface area contributed by atoms with Gasteiger partial charge in [0.2, 0.25) is 0 Å². The first-order chi connectivity index (χ1) is 10.1. The summed E-state index contributed by atoms with van der Waals surface area (Å²) in [5.74, 6) is -0.469. The number of alkyl halides is 3. The maximum absolute atomic E-state index is 13.3. The highest BCUT2D eigenvalue weighted by Gasteiger charge is 2.35. The summed E-state index contributed by atoms with van der Waals surface area (Å²) >= 11 is 18.1. The van der Waals surface area contributed by atoms with Crippen molar-refractivity contribution >= 4 is 40.5 Å². The van der Waals surface area contributed by atoms with Crippen LogP contribution in [0.5, 0.6) is 0 Å². The van der Waals surface area contributed by atoms with Gasteiger partial charge in [0.15, 0.2) is 0 Å². The summed E-state index contributed by atoms with van der Waals surface area (Å²) in [6.07, 6.45) is -2.61. The average Bonchev–Trinajstić information content (AvgIpc) is 2.41. The number of hydrogen-bond donors (Lipinski definition) is 0. The molecule has 0 fully saturated rings. The Kier molecular flexibility index (Phi) is 5.05. The first-order valence-electron chi connectivity index (χ1n) is 6.41. The molecule has 22 heavy (non-hydrogen) atoms.